The Morgan fingerprint density at radius 3 is 2.02 bits per heavy atom. The van der Waals surface area contributed by atoms with Crippen LogP contribution in [0.25, 0.3) is 93.7 Å². The zero-order chi connectivity index (χ0) is 46.2. The van der Waals surface area contributed by atoms with Crippen LogP contribution >= 0.6 is 0 Å². The van der Waals surface area contributed by atoms with Gasteiger partial charge in [0.2, 0.25) is 0 Å². The summed E-state index contributed by atoms with van der Waals surface area (Å²) in [6.07, 6.45) is 0. The highest BCUT2D eigenvalue weighted by atomic mass is 15.0. The molecule has 10 rings (SSSR count). The molecule has 3 heteroatoms. The number of hydrogen-bond acceptors (Lipinski definition) is 2. The maximum Gasteiger partial charge on any atom is 0.161 e. The summed E-state index contributed by atoms with van der Waals surface area (Å²) in [5, 5.41) is 2.89. The second-order valence-corrected chi connectivity index (χ2v) is 11.4. The van der Waals surface area contributed by atoms with Gasteiger partial charge in [-0.25, -0.2) is 9.97 Å². The Hall–Kier alpha value is -6.58. The van der Waals surface area contributed by atoms with Crippen LogP contribution in [0.4, 0.5) is 0 Å². The summed E-state index contributed by atoms with van der Waals surface area (Å²) in [6, 6.07) is 13.8. The van der Waals surface area contributed by atoms with Crippen molar-refractivity contribution in [2.75, 3.05) is 0 Å². The minimum absolute atomic E-state index is 0.0286. The fourth-order valence-corrected chi connectivity index (χ4v) is 6.45. The third-order valence-electron chi connectivity index (χ3n) is 8.63. The van der Waals surface area contributed by atoms with Gasteiger partial charge in [0.15, 0.2) is 5.82 Å². The SMILES string of the molecule is [2H]c1c([2H])c([2H])c(-c2ccc3nc(-c4c([2H])c(-n5c6ccccc6c6cc7ccccc7cc65)c([2H])c5c([2H])c([2H])c([2H])c([2H])c45)nc(-c4c([2H])c([2H])c([2H])c([2H])c4[2H])c3c2)c([2H])c1[2H]. The van der Waals surface area contributed by atoms with Crippen molar-refractivity contribution in [2.45, 2.75) is 0 Å². The second-order valence-electron chi connectivity index (χ2n) is 11.4. The summed E-state index contributed by atoms with van der Waals surface area (Å²) in [6.45, 7) is 0. The molecule has 8 aromatic carbocycles. The normalized spacial score (nSPS) is 16.2. The molecule has 0 unspecified atom stereocenters. The van der Waals surface area contributed by atoms with Crippen LogP contribution in [-0.2, 0) is 0 Å². The molecule has 0 atom stereocenters. The van der Waals surface area contributed by atoms with Gasteiger partial charge in [0.1, 0.15) is 0 Å². The third-order valence-corrected chi connectivity index (χ3v) is 8.63. The van der Waals surface area contributed by atoms with Gasteiger partial charge in [0, 0.05) is 33.0 Å². The highest BCUT2D eigenvalue weighted by molar-refractivity contribution is 6.14. The molecule has 2 heterocycles. The molecule has 0 aliphatic heterocycles. The highest BCUT2D eigenvalue weighted by Gasteiger charge is 2.18. The van der Waals surface area contributed by atoms with E-state index >= 15 is 0 Å². The Labute approximate surface area is 305 Å². The molecule has 0 aliphatic rings. The fourth-order valence-electron chi connectivity index (χ4n) is 6.45. The summed E-state index contributed by atoms with van der Waals surface area (Å²) in [5.41, 5.74) is 0.165. The van der Waals surface area contributed by atoms with E-state index in [9.17, 15) is 4.11 Å². The molecule has 0 saturated heterocycles. The Kier molecular flexibility index (Phi) is 3.60. The van der Waals surface area contributed by atoms with E-state index in [-0.39, 0.29) is 61.6 Å². The minimum atomic E-state index is -0.698. The zero-order valence-electron chi connectivity index (χ0n) is 41.3. The van der Waals surface area contributed by atoms with Crippen LogP contribution in [0.15, 0.2) is 176 Å². The quantitative estimate of drug-likeness (QED) is 0.192. The van der Waals surface area contributed by atoms with Crippen molar-refractivity contribution in [1.29, 1.82) is 0 Å². The van der Waals surface area contributed by atoms with Crippen molar-refractivity contribution in [2.24, 2.45) is 0 Å². The third kappa shape index (κ3) is 4.51. The van der Waals surface area contributed by atoms with E-state index in [0.29, 0.717) is 11.0 Å². The van der Waals surface area contributed by atoms with Crippen molar-refractivity contribution in [1.82, 2.24) is 14.5 Å². The van der Waals surface area contributed by atoms with Crippen molar-refractivity contribution < 1.29 is 21.9 Å². The Bertz CT molecular complexity index is 3750. The maximum atomic E-state index is 10.1. The number of hydrogen-bond donors (Lipinski definition) is 0. The van der Waals surface area contributed by atoms with Crippen molar-refractivity contribution in [3.63, 3.8) is 0 Å². The first-order valence-corrected chi connectivity index (χ1v) is 15.4. The zero-order valence-corrected chi connectivity index (χ0v) is 25.3. The van der Waals surface area contributed by atoms with Gasteiger partial charge >= 0.3 is 0 Å². The first-order valence-electron chi connectivity index (χ1n) is 23.4. The number of rotatable bonds is 4. The van der Waals surface area contributed by atoms with Crippen LogP contribution in [0.1, 0.15) is 21.9 Å². The Balaban J connectivity index is 1.39. The molecular formula is C46H29N3. The largest absolute Gasteiger partial charge is 0.309 e. The fraction of sp³-hybridized carbons (Fsp3) is 0. The molecule has 0 bridgehead atoms. The number of aromatic nitrogens is 3. The van der Waals surface area contributed by atoms with E-state index in [2.05, 4.69) is 0 Å². The average molecular weight is 640 g/mol. The Morgan fingerprint density at radius 1 is 0.469 bits per heavy atom. The molecule has 10 aromatic rings. The van der Waals surface area contributed by atoms with Gasteiger partial charge in [-0.3, -0.25) is 0 Å². The smallest absolute Gasteiger partial charge is 0.161 e. The van der Waals surface area contributed by atoms with E-state index in [1.807, 2.05) is 54.6 Å². The van der Waals surface area contributed by atoms with Crippen LogP contribution in [0, 0.1) is 0 Å². The molecule has 0 N–H and O–H groups in total. The number of fused-ring (bicyclic) bond motifs is 6. The van der Waals surface area contributed by atoms with E-state index < -0.39 is 96.2 Å². The summed E-state index contributed by atoms with van der Waals surface area (Å²) in [5.74, 6) is -0.345. The maximum absolute atomic E-state index is 10.1. The van der Waals surface area contributed by atoms with Crippen molar-refractivity contribution in [3.8, 4) is 39.5 Å². The van der Waals surface area contributed by atoms with E-state index in [1.165, 1.54) is 18.2 Å². The molecule has 228 valence electrons. The summed E-state index contributed by atoms with van der Waals surface area (Å²) >= 11 is 0. The van der Waals surface area contributed by atoms with E-state index in [0.717, 1.165) is 21.5 Å². The molecule has 0 fully saturated rings. The summed E-state index contributed by atoms with van der Waals surface area (Å²) in [4.78, 5) is 9.66. The van der Waals surface area contributed by atoms with E-state index in [4.69, 9.17) is 27.8 Å². The van der Waals surface area contributed by atoms with Gasteiger partial charge in [0.25, 0.3) is 0 Å². The molecule has 0 saturated carbocycles. The summed E-state index contributed by atoms with van der Waals surface area (Å²) in [7, 11) is 0. The lowest BCUT2D eigenvalue weighted by Gasteiger charge is -2.15. The lowest BCUT2D eigenvalue weighted by Crippen LogP contribution is -1.99. The monoisotopic (exact) mass is 639 g/mol. The second kappa shape index (κ2) is 11.0. The standard InChI is InChI=1S/C46H29N3/c1-3-13-30(14-4-1)34-23-24-42-41(27-34)45(31-15-5-2-6-16-31)48-46(47-42)40-29-36(25-35-19-9-10-20-37(35)40)49-43-22-12-11-21-38(43)39-26-32-17-7-8-18-33(32)28-44(39)49/h1-29H/i1D,2D,3D,4D,5D,6D,9D,10D,13D,14D,15D,16D,19D,20D,25D,29D. The number of benzene rings is 8. The summed E-state index contributed by atoms with van der Waals surface area (Å²) < 4.78 is 143. The first kappa shape index (κ1) is 16.0. The van der Waals surface area contributed by atoms with Crippen LogP contribution < -0.4 is 0 Å². The molecular weight excluding hydrogens is 595 g/mol. The van der Waals surface area contributed by atoms with Crippen LogP contribution in [0.5, 0.6) is 0 Å². The van der Waals surface area contributed by atoms with Crippen LogP contribution in [0.3, 0.4) is 0 Å². The molecule has 49 heavy (non-hydrogen) atoms. The topological polar surface area (TPSA) is 30.7 Å². The first-order chi connectivity index (χ1) is 30.9. The van der Waals surface area contributed by atoms with Gasteiger partial charge in [-0.15, -0.1) is 0 Å². The molecule has 0 aliphatic carbocycles. The Morgan fingerprint density at radius 2 is 1.18 bits per heavy atom. The highest BCUT2D eigenvalue weighted by Crippen LogP contribution is 2.39. The number of nitrogens with zero attached hydrogens (tertiary/aromatic N) is 3. The lowest BCUT2D eigenvalue weighted by molar-refractivity contribution is 1.18. The van der Waals surface area contributed by atoms with Gasteiger partial charge in [-0.05, 0) is 75.1 Å². The van der Waals surface area contributed by atoms with Gasteiger partial charge < -0.3 is 4.57 Å². The van der Waals surface area contributed by atoms with Crippen molar-refractivity contribution >= 4 is 54.3 Å². The lowest BCUT2D eigenvalue weighted by atomic mass is 9.99. The van der Waals surface area contributed by atoms with Crippen molar-refractivity contribution in [3.05, 3.63) is 176 Å². The number of para-hydroxylation sites is 1. The molecule has 0 radical (unpaired) electrons. The van der Waals surface area contributed by atoms with E-state index in [1.54, 1.807) is 10.6 Å². The van der Waals surface area contributed by atoms with Crippen LogP contribution in [0.2, 0.25) is 0 Å². The molecule has 0 spiro atoms. The minimum Gasteiger partial charge on any atom is -0.309 e. The van der Waals surface area contributed by atoms with Crippen LogP contribution in [-0.4, -0.2) is 14.5 Å². The average Bonchev–Trinajstić information content (AvgIpc) is 3.61. The predicted octanol–water partition coefficient (Wildman–Crippen LogP) is 12.0. The predicted molar refractivity (Wildman–Crippen MR) is 205 cm³/mol. The van der Waals surface area contributed by atoms with Gasteiger partial charge in [-0.1, -0.05) is 133 Å². The van der Waals surface area contributed by atoms with Gasteiger partial charge in [-0.2, -0.15) is 0 Å². The molecule has 2 aromatic heterocycles. The molecule has 3 nitrogen and oxygen atoms in total. The molecule has 0 amide bonds. The van der Waals surface area contributed by atoms with Gasteiger partial charge in [0.05, 0.1) is 44.2 Å².